The number of methoxy groups -OCH3 is 1. The molecule has 0 spiro atoms. The molecule has 0 atom stereocenters. The van der Waals surface area contributed by atoms with Gasteiger partial charge in [0.1, 0.15) is 6.29 Å². The number of nitrogens with zero attached hydrogens (tertiary/aromatic N) is 1. The van der Waals surface area contributed by atoms with Crippen LogP contribution in [0.1, 0.15) is 12.8 Å². The van der Waals surface area contributed by atoms with E-state index in [1.54, 1.807) is 13.2 Å². The Kier molecular flexibility index (Phi) is 4.72. The molecular weight excluding hydrogens is 166 g/mol. The van der Waals surface area contributed by atoms with Gasteiger partial charge in [-0.3, -0.25) is 9.69 Å². The number of hydrogen-bond acceptors (Lipinski definition) is 3. The second kappa shape index (κ2) is 5.89. The number of likely N-dealkylation sites (tertiary alicyclic amines) is 1. The summed E-state index contributed by atoms with van der Waals surface area (Å²) < 4.78 is 5.26. The van der Waals surface area contributed by atoms with Crippen molar-refractivity contribution in [3.05, 3.63) is 12.2 Å². The van der Waals surface area contributed by atoms with E-state index in [1.807, 2.05) is 6.08 Å². The lowest BCUT2D eigenvalue weighted by atomic mass is 10.1. The van der Waals surface area contributed by atoms with Crippen molar-refractivity contribution in [2.24, 2.45) is 0 Å². The molecule has 0 amide bonds. The molecule has 0 bridgehead atoms. The molecule has 0 saturated carbocycles. The van der Waals surface area contributed by atoms with Crippen molar-refractivity contribution in [2.75, 3.05) is 26.7 Å². The maximum atomic E-state index is 10.0. The Morgan fingerprint density at radius 3 is 2.69 bits per heavy atom. The minimum atomic E-state index is 0.436. The van der Waals surface area contributed by atoms with Crippen LogP contribution < -0.4 is 0 Å². The number of allylic oxidation sites excluding steroid dienone is 1. The highest BCUT2D eigenvalue weighted by atomic mass is 16.5. The number of aldehydes is 1. The van der Waals surface area contributed by atoms with Crippen LogP contribution in [-0.4, -0.2) is 44.0 Å². The molecule has 0 unspecified atom stereocenters. The highest BCUT2D eigenvalue weighted by molar-refractivity contribution is 5.64. The quantitative estimate of drug-likeness (QED) is 0.478. The standard InChI is InChI=1S/C10H17NO2/c1-13-10-4-7-11(8-5-10)6-2-3-9-12/h2-3,9-10H,4-8H2,1H3. The van der Waals surface area contributed by atoms with Gasteiger partial charge < -0.3 is 4.74 Å². The van der Waals surface area contributed by atoms with Crippen LogP contribution in [0.3, 0.4) is 0 Å². The predicted octanol–water partition coefficient (Wildman–Crippen LogP) is 0.852. The average molecular weight is 183 g/mol. The minimum absolute atomic E-state index is 0.436. The summed E-state index contributed by atoms with van der Waals surface area (Å²) in [6, 6.07) is 0. The average Bonchev–Trinajstić information content (AvgIpc) is 2.19. The molecule has 1 saturated heterocycles. The molecule has 1 fully saturated rings. The first kappa shape index (κ1) is 10.4. The number of carbonyl (C=O) groups is 1. The first-order chi connectivity index (χ1) is 6.36. The van der Waals surface area contributed by atoms with E-state index in [4.69, 9.17) is 4.74 Å². The fourth-order valence-corrected chi connectivity index (χ4v) is 1.59. The highest BCUT2D eigenvalue weighted by Crippen LogP contribution is 2.12. The van der Waals surface area contributed by atoms with Crippen molar-refractivity contribution in [1.29, 1.82) is 0 Å². The molecule has 0 aromatic carbocycles. The maximum Gasteiger partial charge on any atom is 0.142 e. The number of ether oxygens (including phenoxy) is 1. The summed E-state index contributed by atoms with van der Waals surface area (Å²) in [6.07, 6.45) is 6.92. The Morgan fingerprint density at radius 1 is 1.46 bits per heavy atom. The molecule has 0 aromatic heterocycles. The summed E-state index contributed by atoms with van der Waals surface area (Å²) in [4.78, 5) is 12.3. The van der Waals surface area contributed by atoms with Crippen molar-refractivity contribution >= 4 is 6.29 Å². The van der Waals surface area contributed by atoms with Gasteiger partial charge in [-0.05, 0) is 18.9 Å². The molecule has 1 aliphatic heterocycles. The summed E-state index contributed by atoms with van der Waals surface area (Å²) in [5.74, 6) is 0. The van der Waals surface area contributed by atoms with Crippen LogP contribution in [0.2, 0.25) is 0 Å². The first-order valence-corrected chi connectivity index (χ1v) is 4.72. The topological polar surface area (TPSA) is 29.5 Å². The van der Waals surface area contributed by atoms with E-state index in [9.17, 15) is 4.79 Å². The molecule has 13 heavy (non-hydrogen) atoms. The fourth-order valence-electron chi connectivity index (χ4n) is 1.59. The first-order valence-electron chi connectivity index (χ1n) is 4.72. The van der Waals surface area contributed by atoms with E-state index in [0.717, 1.165) is 38.8 Å². The van der Waals surface area contributed by atoms with Gasteiger partial charge in [0, 0.05) is 26.7 Å². The van der Waals surface area contributed by atoms with Crippen LogP contribution >= 0.6 is 0 Å². The van der Waals surface area contributed by atoms with Gasteiger partial charge in [0.05, 0.1) is 6.10 Å². The van der Waals surface area contributed by atoms with E-state index >= 15 is 0 Å². The van der Waals surface area contributed by atoms with Crippen LogP contribution in [-0.2, 0) is 9.53 Å². The second-order valence-electron chi connectivity index (χ2n) is 3.30. The lowest BCUT2D eigenvalue weighted by molar-refractivity contribution is -0.104. The fraction of sp³-hybridized carbons (Fsp3) is 0.700. The normalized spacial score (nSPS) is 21.0. The van der Waals surface area contributed by atoms with E-state index < -0.39 is 0 Å². The largest absolute Gasteiger partial charge is 0.381 e. The summed E-state index contributed by atoms with van der Waals surface area (Å²) in [7, 11) is 1.77. The van der Waals surface area contributed by atoms with Crippen LogP contribution in [0.25, 0.3) is 0 Å². The van der Waals surface area contributed by atoms with Crippen molar-refractivity contribution < 1.29 is 9.53 Å². The second-order valence-corrected chi connectivity index (χ2v) is 3.30. The summed E-state index contributed by atoms with van der Waals surface area (Å²) in [6.45, 7) is 3.03. The highest BCUT2D eigenvalue weighted by Gasteiger charge is 2.16. The van der Waals surface area contributed by atoms with E-state index in [1.165, 1.54) is 0 Å². The van der Waals surface area contributed by atoms with E-state index in [-0.39, 0.29) is 0 Å². The lowest BCUT2D eigenvalue weighted by Crippen LogP contribution is -2.36. The molecule has 1 heterocycles. The molecule has 3 heteroatoms. The monoisotopic (exact) mass is 183 g/mol. The Morgan fingerprint density at radius 2 is 2.15 bits per heavy atom. The molecular formula is C10H17NO2. The maximum absolute atomic E-state index is 10.0. The molecule has 3 nitrogen and oxygen atoms in total. The van der Waals surface area contributed by atoms with Gasteiger partial charge in [-0.2, -0.15) is 0 Å². The molecule has 0 aromatic rings. The van der Waals surface area contributed by atoms with Crippen molar-refractivity contribution in [1.82, 2.24) is 4.90 Å². The zero-order valence-electron chi connectivity index (χ0n) is 8.11. The summed E-state index contributed by atoms with van der Waals surface area (Å²) in [5, 5.41) is 0. The van der Waals surface area contributed by atoms with Gasteiger partial charge in [-0.15, -0.1) is 0 Å². The third-order valence-corrected chi connectivity index (χ3v) is 2.45. The van der Waals surface area contributed by atoms with Gasteiger partial charge in [0.25, 0.3) is 0 Å². The summed E-state index contributed by atoms with van der Waals surface area (Å²) in [5.41, 5.74) is 0. The van der Waals surface area contributed by atoms with Crippen LogP contribution in [0.4, 0.5) is 0 Å². The van der Waals surface area contributed by atoms with Crippen LogP contribution in [0, 0.1) is 0 Å². The van der Waals surface area contributed by atoms with Crippen LogP contribution in [0.15, 0.2) is 12.2 Å². The zero-order valence-corrected chi connectivity index (χ0v) is 8.11. The number of carbonyl (C=O) groups excluding carboxylic acids is 1. The van der Waals surface area contributed by atoms with Crippen LogP contribution in [0.5, 0.6) is 0 Å². The predicted molar refractivity (Wildman–Crippen MR) is 51.7 cm³/mol. The Balaban J connectivity index is 2.17. The minimum Gasteiger partial charge on any atom is -0.381 e. The molecule has 0 radical (unpaired) electrons. The molecule has 1 aliphatic rings. The Bertz CT molecular complexity index is 172. The Hall–Kier alpha value is -0.670. The number of hydrogen-bond donors (Lipinski definition) is 0. The molecule has 0 aliphatic carbocycles. The van der Waals surface area contributed by atoms with Gasteiger partial charge in [0.2, 0.25) is 0 Å². The number of piperidine rings is 1. The summed E-state index contributed by atoms with van der Waals surface area (Å²) >= 11 is 0. The van der Waals surface area contributed by atoms with Gasteiger partial charge in [-0.25, -0.2) is 0 Å². The third kappa shape index (κ3) is 3.70. The zero-order chi connectivity index (χ0) is 9.52. The van der Waals surface area contributed by atoms with Gasteiger partial charge in [0.15, 0.2) is 0 Å². The smallest absolute Gasteiger partial charge is 0.142 e. The van der Waals surface area contributed by atoms with Gasteiger partial charge in [-0.1, -0.05) is 6.08 Å². The van der Waals surface area contributed by atoms with E-state index in [0.29, 0.717) is 6.10 Å². The number of rotatable bonds is 4. The lowest BCUT2D eigenvalue weighted by Gasteiger charge is -2.30. The van der Waals surface area contributed by atoms with E-state index in [2.05, 4.69) is 4.90 Å². The molecule has 0 N–H and O–H groups in total. The Labute approximate surface area is 79.4 Å². The van der Waals surface area contributed by atoms with Crippen molar-refractivity contribution in [3.8, 4) is 0 Å². The van der Waals surface area contributed by atoms with Gasteiger partial charge >= 0.3 is 0 Å². The third-order valence-electron chi connectivity index (χ3n) is 2.45. The SMILES string of the molecule is COC1CCN(CC=CC=O)CC1. The molecule has 74 valence electrons. The van der Waals surface area contributed by atoms with Crippen molar-refractivity contribution in [2.45, 2.75) is 18.9 Å². The molecule has 1 rings (SSSR count). The van der Waals surface area contributed by atoms with Crippen molar-refractivity contribution in [3.63, 3.8) is 0 Å².